The van der Waals surface area contributed by atoms with Gasteiger partial charge in [0.1, 0.15) is 5.75 Å². The molecule has 1 aromatic rings. The first-order valence-corrected chi connectivity index (χ1v) is 7.86. The molecule has 0 saturated carbocycles. The summed E-state index contributed by atoms with van der Waals surface area (Å²) >= 11 is 6.10. The summed E-state index contributed by atoms with van der Waals surface area (Å²) in [5.41, 5.74) is 2.80. The van der Waals surface area contributed by atoms with E-state index in [0.29, 0.717) is 6.04 Å². The number of halogens is 1. The first-order chi connectivity index (χ1) is 9.28. The third-order valence-corrected chi connectivity index (χ3v) is 4.91. The SMILES string of the molecule is CC1CCN(CCc2ccc3c(c2)CCO3)C1CCl. The summed E-state index contributed by atoms with van der Waals surface area (Å²) in [6.07, 6.45) is 3.47. The lowest BCUT2D eigenvalue weighted by Crippen LogP contribution is -2.35. The van der Waals surface area contributed by atoms with Crippen molar-refractivity contribution >= 4 is 11.6 Å². The van der Waals surface area contributed by atoms with E-state index in [1.165, 1.54) is 24.1 Å². The predicted molar refractivity (Wildman–Crippen MR) is 79.2 cm³/mol. The van der Waals surface area contributed by atoms with Gasteiger partial charge in [-0.05, 0) is 42.5 Å². The Morgan fingerprint density at radius 3 is 3.16 bits per heavy atom. The van der Waals surface area contributed by atoms with Gasteiger partial charge < -0.3 is 4.74 Å². The fourth-order valence-corrected chi connectivity index (χ4v) is 3.78. The van der Waals surface area contributed by atoms with Gasteiger partial charge in [-0.1, -0.05) is 19.1 Å². The molecule has 104 valence electrons. The van der Waals surface area contributed by atoms with E-state index in [0.717, 1.165) is 43.5 Å². The Kier molecular flexibility index (Phi) is 3.99. The van der Waals surface area contributed by atoms with Crippen molar-refractivity contribution < 1.29 is 4.74 Å². The van der Waals surface area contributed by atoms with E-state index >= 15 is 0 Å². The third-order valence-electron chi connectivity index (χ3n) is 4.60. The molecule has 0 amide bonds. The first kappa shape index (κ1) is 13.3. The summed E-state index contributed by atoms with van der Waals surface area (Å²) in [6, 6.07) is 7.22. The molecule has 2 nitrogen and oxygen atoms in total. The van der Waals surface area contributed by atoms with E-state index in [4.69, 9.17) is 16.3 Å². The molecule has 0 bridgehead atoms. The number of hydrogen-bond donors (Lipinski definition) is 0. The number of ether oxygens (including phenoxy) is 1. The lowest BCUT2D eigenvalue weighted by atomic mass is 10.0. The van der Waals surface area contributed by atoms with Crippen LogP contribution in [0.5, 0.6) is 5.75 Å². The minimum atomic E-state index is 0.569. The number of hydrogen-bond acceptors (Lipinski definition) is 2. The van der Waals surface area contributed by atoms with Crippen molar-refractivity contribution in [3.8, 4) is 5.75 Å². The van der Waals surface area contributed by atoms with Gasteiger partial charge >= 0.3 is 0 Å². The molecule has 0 aromatic heterocycles. The van der Waals surface area contributed by atoms with Gasteiger partial charge in [-0.2, -0.15) is 0 Å². The van der Waals surface area contributed by atoms with Crippen molar-refractivity contribution in [3.05, 3.63) is 29.3 Å². The summed E-state index contributed by atoms with van der Waals surface area (Å²) < 4.78 is 5.55. The Morgan fingerprint density at radius 2 is 2.32 bits per heavy atom. The van der Waals surface area contributed by atoms with Crippen molar-refractivity contribution in [1.29, 1.82) is 0 Å². The average Bonchev–Trinajstić information content (AvgIpc) is 3.01. The Bertz CT molecular complexity index is 448. The molecule has 0 N–H and O–H groups in total. The zero-order valence-electron chi connectivity index (χ0n) is 11.6. The molecule has 19 heavy (non-hydrogen) atoms. The van der Waals surface area contributed by atoms with E-state index < -0.39 is 0 Å². The van der Waals surface area contributed by atoms with E-state index in [-0.39, 0.29) is 0 Å². The van der Waals surface area contributed by atoms with Gasteiger partial charge in [-0.25, -0.2) is 0 Å². The van der Waals surface area contributed by atoms with Crippen molar-refractivity contribution in [3.63, 3.8) is 0 Å². The zero-order chi connectivity index (χ0) is 13.2. The van der Waals surface area contributed by atoms with Gasteiger partial charge in [0.25, 0.3) is 0 Å². The number of likely N-dealkylation sites (tertiary alicyclic amines) is 1. The zero-order valence-corrected chi connectivity index (χ0v) is 12.3. The molecule has 3 heteroatoms. The standard InChI is InChI=1S/C16H22ClNO/c1-12-4-7-18(15(12)11-17)8-5-13-2-3-16-14(10-13)6-9-19-16/h2-3,10,12,15H,4-9,11H2,1H3. The maximum Gasteiger partial charge on any atom is 0.122 e. The van der Waals surface area contributed by atoms with Crippen LogP contribution in [-0.2, 0) is 12.8 Å². The van der Waals surface area contributed by atoms with E-state index in [1.807, 2.05) is 0 Å². The van der Waals surface area contributed by atoms with Gasteiger partial charge in [0.15, 0.2) is 0 Å². The van der Waals surface area contributed by atoms with Crippen LogP contribution in [0.3, 0.4) is 0 Å². The van der Waals surface area contributed by atoms with Crippen LogP contribution in [0.15, 0.2) is 18.2 Å². The summed E-state index contributed by atoms with van der Waals surface area (Å²) in [4.78, 5) is 2.56. The van der Waals surface area contributed by atoms with Gasteiger partial charge in [-0.15, -0.1) is 11.6 Å². The number of nitrogens with zero attached hydrogens (tertiary/aromatic N) is 1. The third kappa shape index (κ3) is 2.75. The number of fused-ring (bicyclic) bond motifs is 1. The topological polar surface area (TPSA) is 12.5 Å². The normalized spacial score (nSPS) is 26.4. The highest BCUT2D eigenvalue weighted by Crippen LogP contribution is 2.27. The first-order valence-electron chi connectivity index (χ1n) is 7.32. The molecule has 2 aliphatic heterocycles. The summed E-state index contributed by atoms with van der Waals surface area (Å²) in [5.74, 6) is 2.59. The minimum Gasteiger partial charge on any atom is -0.493 e. The maximum atomic E-state index is 6.10. The highest BCUT2D eigenvalue weighted by atomic mass is 35.5. The second kappa shape index (κ2) is 5.72. The molecule has 0 aliphatic carbocycles. The van der Waals surface area contributed by atoms with Crippen molar-refractivity contribution in [2.24, 2.45) is 5.92 Å². The molecule has 2 unspecified atom stereocenters. The van der Waals surface area contributed by atoms with Crippen LogP contribution in [0.4, 0.5) is 0 Å². The lowest BCUT2D eigenvalue weighted by Gasteiger charge is -2.24. The summed E-state index contributed by atoms with van der Waals surface area (Å²) in [5, 5.41) is 0. The largest absolute Gasteiger partial charge is 0.493 e. The Hall–Kier alpha value is -0.730. The minimum absolute atomic E-state index is 0.569. The van der Waals surface area contributed by atoms with Gasteiger partial charge in [0.2, 0.25) is 0 Å². The number of benzene rings is 1. The smallest absolute Gasteiger partial charge is 0.122 e. The van der Waals surface area contributed by atoms with Crippen molar-refractivity contribution in [2.45, 2.75) is 32.2 Å². The second-order valence-corrected chi connectivity index (χ2v) is 6.12. The van der Waals surface area contributed by atoms with Crippen LogP contribution in [0.25, 0.3) is 0 Å². The van der Waals surface area contributed by atoms with Crippen LogP contribution >= 0.6 is 11.6 Å². The van der Waals surface area contributed by atoms with E-state index in [1.54, 1.807) is 0 Å². The molecule has 2 atom stereocenters. The number of alkyl halides is 1. The molecule has 2 aliphatic rings. The van der Waals surface area contributed by atoms with Crippen LogP contribution in [0.1, 0.15) is 24.5 Å². The highest BCUT2D eigenvalue weighted by molar-refractivity contribution is 6.18. The molecular formula is C16H22ClNO. The molecule has 1 aromatic carbocycles. The van der Waals surface area contributed by atoms with Crippen LogP contribution in [0.2, 0.25) is 0 Å². The molecule has 0 radical (unpaired) electrons. The Morgan fingerprint density at radius 1 is 1.42 bits per heavy atom. The molecule has 2 heterocycles. The van der Waals surface area contributed by atoms with Gasteiger partial charge in [0, 0.05) is 24.9 Å². The fourth-order valence-electron chi connectivity index (χ4n) is 3.28. The molecule has 3 rings (SSSR count). The molecule has 1 saturated heterocycles. The predicted octanol–water partition coefficient (Wildman–Crippen LogP) is 3.11. The summed E-state index contributed by atoms with van der Waals surface area (Å²) in [7, 11) is 0. The fraction of sp³-hybridized carbons (Fsp3) is 0.625. The molecule has 0 spiro atoms. The van der Waals surface area contributed by atoms with E-state index in [2.05, 4.69) is 30.0 Å². The lowest BCUT2D eigenvalue weighted by molar-refractivity contribution is 0.253. The van der Waals surface area contributed by atoms with Crippen molar-refractivity contribution in [2.75, 3.05) is 25.6 Å². The Labute approximate surface area is 120 Å². The van der Waals surface area contributed by atoms with Crippen LogP contribution < -0.4 is 4.74 Å². The van der Waals surface area contributed by atoms with Crippen LogP contribution in [0, 0.1) is 5.92 Å². The molecular weight excluding hydrogens is 258 g/mol. The summed E-state index contributed by atoms with van der Waals surface area (Å²) in [6.45, 7) is 5.49. The Balaban J connectivity index is 1.60. The maximum absolute atomic E-state index is 6.10. The average molecular weight is 280 g/mol. The van der Waals surface area contributed by atoms with Crippen LogP contribution in [-0.4, -0.2) is 36.5 Å². The monoisotopic (exact) mass is 279 g/mol. The van der Waals surface area contributed by atoms with Gasteiger partial charge in [0.05, 0.1) is 6.61 Å². The van der Waals surface area contributed by atoms with Gasteiger partial charge in [-0.3, -0.25) is 4.90 Å². The second-order valence-electron chi connectivity index (χ2n) is 5.81. The quantitative estimate of drug-likeness (QED) is 0.785. The molecule has 1 fully saturated rings. The highest BCUT2D eigenvalue weighted by Gasteiger charge is 2.29. The van der Waals surface area contributed by atoms with Crippen molar-refractivity contribution in [1.82, 2.24) is 4.90 Å². The number of rotatable bonds is 4. The van der Waals surface area contributed by atoms with E-state index in [9.17, 15) is 0 Å².